The number of hydrogen-bond donors (Lipinski definition) is 1. The molecule has 3 rings (SSSR count). The van der Waals surface area contributed by atoms with Gasteiger partial charge in [-0.05, 0) is 42.8 Å². The van der Waals surface area contributed by atoms with Gasteiger partial charge in [0.15, 0.2) is 16.8 Å². The predicted molar refractivity (Wildman–Crippen MR) is 92.8 cm³/mol. The van der Waals surface area contributed by atoms with Gasteiger partial charge in [-0.3, -0.25) is 4.57 Å². The van der Waals surface area contributed by atoms with Gasteiger partial charge < -0.3 is 4.55 Å². The van der Waals surface area contributed by atoms with Gasteiger partial charge in [-0.2, -0.15) is 13.2 Å². The van der Waals surface area contributed by atoms with Crippen molar-refractivity contribution in [2.75, 3.05) is 0 Å². The zero-order valence-corrected chi connectivity index (χ0v) is 14.9. The van der Waals surface area contributed by atoms with Gasteiger partial charge in [0.1, 0.15) is 5.82 Å². The third kappa shape index (κ3) is 3.67. The number of nitrogens with zero attached hydrogens (tertiary/aromatic N) is 2. The van der Waals surface area contributed by atoms with Crippen molar-refractivity contribution in [2.24, 2.45) is 0 Å². The summed E-state index contributed by atoms with van der Waals surface area (Å²) in [6.45, 7) is 1.79. The molecule has 0 fully saturated rings. The van der Waals surface area contributed by atoms with E-state index < -0.39 is 23.0 Å². The fourth-order valence-corrected chi connectivity index (χ4v) is 2.92. The number of alkyl halides is 3. The Bertz CT molecular complexity index is 985. The van der Waals surface area contributed by atoms with Crippen LogP contribution >= 0.6 is 11.6 Å². The summed E-state index contributed by atoms with van der Waals surface area (Å²) < 4.78 is 60.9. The molecule has 1 aromatic heterocycles. The van der Waals surface area contributed by atoms with Crippen LogP contribution in [-0.4, -0.2) is 18.3 Å². The maximum absolute atomic E-state index is 13.2. The standard InChI is InChI=1S/C17H12ClF3N2O2S/c1-10-2-3-11(8-14(10)18)16-22-15(17(19,20)21)9-23(16)12-4-6-13(7-5-12)26(24)25/h2-9H,1H3,(H,24,25). The molecule has 0 amide bonds. The quantitative estimate of drug-likeness (QED) is 0.622. The second-order valence-corrected chi connectivity index (χ2v) is 6.90. The highest BCUT2D eigenvalue weighted by Gasteiger charge is 2.35. The van der Waals surface area contributed by atoms with Crippen molar-refractivity contribution < 1.29 is 21.9 Å². The van der Waals surface area contributed by atoms with Gasteiger partial charge in [-0.25, -0.2) is 9.19 Å². The molecule has 1 atom stereocenters. The highest BCUT2D eigenvalue weighted by molar-refractivity contribution is 7.79. The zero-order chi connectivity index (χ0) is 19.1. The van der Waals surface area contributed by atoms with Crippen molar-refractivity contribution in [1.82, 2.24) is 9.55 Å². The van der Waals surface area contributed by atoms with E-state index in [0.29, 0.717) is 16.3 Å². The average molecular weight is 401 g/mol. The number of imidazole rings is 1. The molecule has 1 N–H and O–H groups in total. The maximum atomic E-state index is 13.2. The Hall–Kier alpha value is -2.16. The van der Waals surface area contributed by atoms with Crippen LogP contribution in [0.1, 0.15) is 11.3 Å². The Labute approximate surface area is 154 Å². The molecule has 4 nitrogen and oxygen atoms in total. The first-order valence-corrected chi connectivity index (χ1v) is 8.79. The summed E-state index contributed by atoms with van der Waals surface area (Å²) in [5.74, 6) is 0.0668. The highest BCUT2D eigenvalue weighted by Crippen LogP contribution is 2.33. The Morgan fingerprint density at radius 3 is 2.35 bits per heavy atom. The molecule has 0 radical (unpaired) electrons. The second kappa shape index (κ2) is 6.86. The molecule has 136 valence electrons. The number of hydrogen-bond acceptors (Lipinski definition) is 2. The molecule has 1 heterocycles. The molecule has 0 aliphatic rings. The van der Waals surface area contributed by atoms with Crippen molar-refractivity contribution in [3.8, 4) is 17.1 Å². The molecule has 26 heavy (non-hydrogen) atoms. The molecular weight excluding hydrogens is 389 g/mol. The van der Waals surface area contributed by atoms with Crippen LogP contribution in [0.2, 0.25) is 5.02 Å². The van der Waals surface area contributed by atoms with Crippen molar-refractivity contribution in [3.05, 3.63) is 64.9 Å². The Balaban J connectivity index is 2.18. The van der Waals surface area contributed by atoms with Gasteiger partial charge in [0, 0.05) is 22.5 Å². The second-order valence-electron chi connectivity index (χ2n) is 5.52. The Kier molecular flexibility index (Phi) is 4.92. The molecule has 2 aromatic carbocycles. The van der Waals surface area contributed by atoms with Crippen molar-refractivity contribution >= 4 is 22.7 Å². The molecule has 0 spiro atoms. The van der Waals surface area contributed by atoms with Crippen molar-refractivity contribution in [1.29, 1.82) is 0 Å². The van der Waals surface area contributed by atoms with Gasteiger partial charge in [0.25, 0.3) is 0 Å². The minimum Gasteiger partial charge on any atom is -0.302 e. The highest BCUT2D eigenvalue weighted by atomic mass is 35.5. The maximum Gasteiger partial charge on any atom is 0.434 e. The van der Waals surface area contributed by atoms with Crippen LogP contribution in [0.25, 0.3) is 17.1 Å². The first-order chi connectivity index (χ1) is 12.2. The lowest BCUT2D eigenvalue weighted by molar-refractivity contribution is -0.140. The van der Waals surface area contributed by atoms with Gasteiger partial charge in [-0.15, -0.1) is 0 Å². The fraction of sp³-hybridized carbons (Fsp3) is 0.118. The predicted octanol–water partition coefficient (Wildman–Crippen LogP) is 5.10. The lowest BCUT2D eigenvalue weighted by Crippen LogP contribution is -2.05. The molecule has 9 heteroatoms. The van der Waals surface area contributed by atoms with E-state index in [1.807, 2.05) is 0 Å². The van der Waals surface area contributed by atoms with Crippen LogP contribution in [0.15, 0.2) is 53.6 Å². The first-order valence-electron chi connectivity index (χ1n) is 7.31. The lowest BCUT2D eigenvalue weighted by atomic mass is 10.1. The number of benzene rings is 2. The fourth-order valence-electron chi connectivity index (χ4n) is 2.37. The third-order valence-corrected chi connectivity index (χ3v) is 4.83. The van der Waals surface area contributed by atoms with E-state index in [-0.39, 0.29) is 10.7 Å². The van der Waals surface area contributed by atoms with Gasteiger partial charge in [0.2, 0.25) is 0 Å². The normalized spacial score (nSPS) is 13.0. The summed E-state index contributed by atoms with van der Waals surface area (Å²) in [6.07, 6.45) is -3.73. The summed E-state index contributed by atoms with van der Waals surface area (Å²) >= 11 is 3.92. The molecule has 0 saturated carbocycles. The molecule has 1 unspecified atom stereocenters. The smallest absolute Gasteiger partial charge is 0.302 e. The van der Waals surface area contributed by atoms with E-state index in [0.717, 1.165) is 11.8 Å². The molecule has 0 aliphatic carbocycles. The monoisotopic (exact) mass is 400 g/mol. The minimum absolute atomic E-state index is 0.0668. The van der Waals surface area contributed by atoms with E-state index in [1.165, 1.54) is 28.8 Å². The van der Waals surface area contributed by atoms with E-state index in [2.05, 4.69) is 4.98 Å². The number of rotatable bonds is 3. The van der Waals surface area contributed by atoms with E-state index in [9.17, 15) is 17.4 Å². The van der Waals surface area contributed by atoms with Crippen molar-refractivity contribution in [3.63, 3.8) is 0 Å². The van der Waals surface area contributed by atoms with E-state index in [1.54, 1.807) is 25.1 Å². The lowest BCUT2D eigenvalue weighted by Gasteiger charge is -2.09. The summed E-state index contributed by atoms with van der Waals surface area (Å²) in [6, 6.07) is 10.5. The van der Waals surface area contributed by atoms with Gasteiger partial charge in [-0.1, -0.05) is 23.7 Å². The van der Waals surface area contributed by atoms with E-state index >= 15 is 0 Å². The summed E-state index contributed by atoms with van der Waals surface area (Å²) in [5.41, 5.74) is 0.540. The zero-order valence-electron chi connectivity index (χ0n) is 13.3. The van der Waals surface area contributed by atoms with E-state index in [4.69, 9.17) is 16.2 Å². The molecule has 0 aliphatic heterocycles. The van der Waals surface area contributed by atoms with Crippen molar-refractivity contribution in [2.45, 2.75) is 18.0 Å². The van der Waals surface area contributed by atoms with Crippen LogP contribution < -0.4 is 0 Å². The number of halogens is 4. The summed E-state index contributed by atoms with van der Waals surface area (Å²) in [4.78, 5) is 3.87. The molecule has 3 aromatic rings. The molecule has 0 bridgehead atoms. The molecule has 0 saturated heterocycles. The first kappa shape index (κ1) is 18.6. The van der Waals surface area contributed by atoms with Crippen LogP contribution in [0.5, 0.6) is 0 Å². The Morgan fingerprint density at radius 1 is 1.15 bits per heavy atom. The number of aryl methyl sites for hydroxylation is 1. The summed E-state index contributed by atoms with van der Waals surface area (Å²) in [5, 5.41) is 0.414. The van der Waals surface area contributed by atoms with Crippen LogP contribution in [0, 0.1) is 6.92 Å². The van der Waals surface area contributed by atoms with Gasteiger partial charge in [0.05, 0.1) is 4.90 Å². The topological polar surface area (TPSA) is 55.1 Å². The third-order valence-electron chi connectivity index (χ3n) is 3.74. The molecular formula is C17H12ClF3N2O2S. The van der Waals surface area contributed by atoms with Crippen LogP contribution in [-0.2, 0) is 17.3 Å². The van der Waals surface area contributed by atoms with Crippen LogP contribution in [0.4, 0.5) is 13.2 Å². The summed E-state index contributed by atoms with van der Waals surface area (Å²) in [7, 11) is 0. The largest absolute Gasteiger partial charge is 0.434 e. The minimum atomic E-state index is -4.61. The number of aromatic nitrogens is 2. The van der Waals surface area contributed by atoms with Crippen LogP contribution in [0.3, 0.4) is 0 Å². The van der Waals surface area contributed by atoms with Gasteiger partial charge >= 0.3 is 6.18 Å². The Morgan fingerprint density at radius 2 is 1.81 bits per heavy atom. The average Bonchev–Trinajstić information content (AvgIpc) is 3.03. The SMILES string of the molecule is Cc1ccc(-c2nc(C(F)(F)F)cn2-c2ccc(S(=O)O)cc2)cc1Cl.